The number of rotatable bonds is 6. The number of hydrogen-bond donors (Lipinski definition) is 2. The molecule has 1 aliphatic heterocycles. The van der Waals surface area contributed by atoms with Crippen LogP contribution in [0, 0.1) is 0 Å². The van der Waals surface area contributed by atoms with Gasteiger partial charge in [-0.1, -0.05) is 19.1 Å². The van der Waals surface area contributed by atoms with Crippen molar-refractivity contribution in [3.63, 3.8) is 0 Å². The summed E-state index contributed by atoms with van der Waals surface area (Å²) < 4.78 is 1.57. The molecule has 28 heavy (non-hydrogen) atoms. The molecule has 1 saturated heterocycles. The van der Waals surface area contributed by atoms with Gasteiger partial charge in [-0.3, -0.25) is 29.2 Å². The largest absolute Gasteiger partial charge is 0.319 e. The van der Waals surface area contributed by atoms with E-state index >= 15 is 0 Å². The van der Waals surface area contributed by atoms with Crippen LogP contribution in [0.2, 0.25) is 0 Å². The van der Waals surface area contributed by atoms with Gasteiger partial charge in [-0.25, -0.2) is 0 Å². The van der Waals surface area contributed by atoms with E-state index in [4.69, 9.17) is 0 Å². The van der Waals surface area contributed by atoms with Crippen molar-refractivity contribution in [3.05, 3.63) is 47.8 Å². The van der Waals surface area contributed by atoms with Gasteiger partial charge in [0, 0.05) is 24.8 Å². The number of nitrogens with one attached hydrogen (secondary N) is 2. The van der Waals surface area contributed by atoms with E-state index in [1.165, 1.54) is 12.4 Å². The highest BCUT2D eigenvalue weighted by Crippen LogP contribution is 2.36. The van der Waals surface area contributed by atoms with E-state index in [9.17, 15) is 19.2 Å². The summed E-state index contributed by atoms with van der Waals surface area (Å²) >= 11 is 0. The number of Topliss-reactive ketones (excluding diaryl/α,β-unsaturated/α-hetero) is 1. The monoisotopic (exact) mass is 382 g/mol. The van der Waals surface area contributed by atoms with Gasteiger partial charge < -0.3 is 5.32 Å². The maximum atomic E-state index is 12.4. The molecular weight excluding hydrogens is 360 g/mol. The van der Waals surface area contributed by atoms with Gasteiger partial charge >= 0.3 is 0 Å². The number of aromatic nitrogens is 2. The Morgan fingerprint density at radius 3 is 2.50 bits per heavy atom. The second-order valence-electron chi connectivity index (χ2n) is 6.76. The molecule has 1 aliphatic rings. The summed E-state index contributed by atoms with van der Waals surface area (Å²) in [6, 6.07) is 6.79. The normalized spacial score (nSPS) is 19.2. The molecule has 1 aromatic carbocycles. The van der Waals surface area contributed by atoms with Gasteiger partial charge in [0.05, 0.1) is 17.2 Å². The van der Waals surface area contributed by atoms with Crippen molar-refractivity contribution in [2.75, 3.05) is 5.32 Å². The van der Waals surface area contributed by atoms with Gasteiger partial charge in [0.25, 0.3) is 11.7 Å². The first-order valence-corrected chi connectivity index (χ1v) is 9.22. The Morgan fingerprint density at radius 1 is 1.21 bits per heavy atom. The van der Waals surface area contributed by atoms with Gasteiger partial charge in [0.1, 0.15) is 0 Å². The second-order valence-corrected chi connectivity index (χ2v) is 6.76. The lowest BCUT2D eigenvalue weighted by molar-refractivity contribution is -0.138. The van der Waals surface area contributed by atoms with Crippen molar-refractivity contribution < 1.29 is 19.2 Å². The molecule has 1 unspecified atom stereocenters. The Hall–Kier alpha value is -3.29. The number of anilines is 1. The van der Waals surface area contributed by atoms with Crippen LogP contribution in [0.25, 0.3) is 0 Å². The van der Waals surface area contributed by atoms with Gasteiger partial charge in [0.15, 0.2) is 0 Å². The molecule has 8 nitrogen and oxygen atoms in total. The second kappa shape index (κ2) is 7.75. The Bertz CT molecular complexity index is 932. The maximum Gasteiger partial charge on any atom is 0.296 e. The number of nitrogens with zero attached hydrogens (tertiary/aromatic N) is 2. The van der Waals surface area contributed by atoms with Crippen molar-refractivity contribution in [2.45, 2.75) is 45.1 Å². The molecule has 0 bridgehead atoms. The number of imide groups is 1. The predicted molar refractivity (Wildman–Crippen MR) is 102 cm³/mol. The third-order valence-electron chi connectivity index (χ3n) is 5.19. The number of benzene rings is 1. The standard InChI is InChI=1S/C20H22N4O4/c1-3-20(10-9-16(25)23-19(20)28)14-5-7-15(8-6-14)22-18(27)17(26)13-11-21-24(4-2)12-13/h5-8,11-12H,3-4,9-10H2,1-2H3,(H,22,27)(H,23,25,28). The van der Waals surface area contributed by atoms with Crippen molar-refractivity contribution in [3.8, 4) is 0 Å². The number of aryl methyl sites for hydroxylation is 1. The minimum atomic E-state index is -0.763. The summed E-state index contributed by atoms with van der Waals surface area (Å²) in [6.07, 6.45) is 4.18. The molecule has 1 atom stereocenters. The summed E-state index contributed by atoms with van der Waals surface area (Å²) in [5.41, 5.74) is 0.683. The lowest BCUT2D eigenvalue weighted by Gasteiger charge is -2.35. The Morgan fingerprint density at radius 2 is 1.93 bits per heavy atom. The number of piperidine rings is 1. The zero-order valence-electron chi connectivity index (χ0n) is 15.8. The van der Waals surface area contributed by atoms with Gasteiger partial charge in [-0.2, -0.15) is 5.10 Å². The summed E-state index contributed by atoms with van der Waals surface area (Å²) in [4.78, 5) is 48.3. The topological polar surface area (TPSA) is 110 Å². The first-order valence-electron chi connectivity index (χ1n) is 9.22. The van der Waals surface area contributed by atoms with Crippen molar-refractivity contribution in [2.24, 2.45) is 0 Å². The molecule has 0 spiro atoms. The molecule has 8 heteroatoms. The Kier molecular flexibility index (Phi) is 5.39. The van der Waals surface area contributed by atoms with Crippen LogP contribution in [0.15, 0.2) is 36.7 Å². The third-order valence-corrected chi connectivity index (χ3v) is 5.19. The molecule has 146 valence electrons. The van der Waals surface area contributed by atoms with Crippen LogP contribution < -0.4 is 10.6 Å². The van der Waals surface area contributed by atoms with E-state index in [0.717, 1.165) is 5.56 Å². The molecule has 3 amide bonds. The number of carbonyl (C=O) groups excluding carboxylic acids is 4. The highest BCUT2D eigenvalue weighted by molar-refractivity contribution is 6.46. The molecular formula is C20H22N4O4. The van der Waals surface area contributed by atoms with E-state index < -0.39 is 17.1 Å². The quantitative estimate of drug-likeness (QED) is 0.450. The summed E-state index contributed by atoms with van der Waals surface area (Å²) in [5, 5.41) is 8.96. The van der Waals surface area contributed by atoms with Crippen LogP contribution in [0.4, 0.5) is 5.69 Å². The summed E-state index contributed by atoms with van der Waals surface area (Å²) in [6.45, 7) is 4.39. The van der Waals surface area contributed by atoms with Crippen LogP contribution in [0.1, 0.15) is 49.0 Å². The molecule has 2 aromatic rings. The minimum absolute atomic E-state index is 0.226. The fraction of sp³-hybridized carbons (Fsp3) is 0.350. The molecule has 0 radical (unpaired) electrons. The summed E-state index contributed by atoms with van der Waals surface area (Å²) in [7, 11) is 0. The zero-order valence-corrected chi connectivity index (χ0v) is 15.8. The SMILES string of the molecule is CCn1cc(C(=O)C(=O)Nc2ccc(C3(CC)CCC(=O)NC3=O)cc2)cn1. The van der Waals surface area contributed by atoms with Crippen molar-refractivity contribution in [1.82, 2.24) is 15.1 Å². The van der Waals surface area contributed by atoms with E-state index in [-0.39, 0.29) is 23.8 Å². The molecule has 1 aromatic heterocycles. The lowest BCUT2D eigenvalue weighted by atomic mass is 9.72. The van der Waals surface area contributed by atoms with E-state index in [1.807, 2.05) is 13.8 Å². The van der Waals surface area contributed by atoms with Crippen LogP contribution in [-0.2, 0) is 26.3 Å². The molecule has 2 heterocycles. The van der Waals surface area contributed by atoms with E-state index in [1.54, 1.807) is 28.9 Å². The number of ketones is 1. The zero-order chi connectivity index (χ0) is 20.3. The van der Waals surface area contributed by atoms with Crippen LogP contribution in [0.5, 0.6) is 0 Å². The van der Waals surface area contributed by atoms with Gasteiger partial charge in [0.2, 0.25) is 11.8 Å². The predicted octanol–water partition coefficient (Wildman–Crippen LogP) is 1.81. The van der Waals surface area contributed by atoms with E-state index in [2.05, 4.69) is 15.7 Å². The Balaban J connectivity index is 1.73. The highest BCUT2D eigenvalue weighted by atomic mass is 16.2. The first-order chi connectivity index (χ1) is 13.4. The number of carbonyl (C=O) groups is 4. The van der Waals surface area contributed by atoms with E-state index in [0.29, 0.717) is 25.1 Å². The third kappa shape index (κ3) is 3.58. The smallest absolute Gasteiger partial charge is 0.296 e. The number of amides is 3. The highest BCUT2D eigenvalue weighted by Gasteiger charge is 2.42. The molecule has 2 N–H and O–H groups in total. The lowest BCUT2D eigenvalue weighted by Crippen LogP contribution is -2.51. The molecule has 1 fully saturated rings. The molecule has 0 saturated carbocycles. The van der Waals surface area contributed by atoms with Crippen LogP contribution >= 0.6 is 0 Å². The van der Waals surface area contributed by atoms with Crippen molar-refractivity contribution >= 4 is 29.2 Å². The van der Waals surface area contributed by atoms with Crippen LogP contribution in [-0.4, -0.2) is 33.3 Å². The van der Waals surface area contributed by atoms with Crippen LogP contribution in [0.3, 0.4) is 0 Å². The maximum absolute atomic E-state index is 12.4. The Labute approximate surface area is 162 Å². The first kappa shape index (κ1) is 19.5. The molecule has 0 aliphatic carbocycles. The van der Waals surface area contributed by atoms with Gasteiger partial charge in [-0.05, 0) is 37.5 Å². The average Bonchev–Trinajstić information content (AvgIpc) is 3.18. The average molecular weight is 382 g/mol. The molecule has 3 rings (SSSR count). The number of hydrogen-bond acceptors (Lipinski definition) is 5. The fourth-order valence-corrected chi connectivity index (χ4v) is 3.41. The van der Waals surface area contributed by atoms with Gasteiger partial charge in [-0.15, -0.1) is 0 Å². The van der Waals surface area contributed by atoms with Crippen molar-refractivity contribution in [1.29, 1.82) is 0 Å². The fourth-order valence-electron chi connectivity index (χ4n) is 3.41. The minimum Gasteiger partial charge on any atom is -0.319 e. The summed E-state index contributed by atoms with van der Waals surface area (Å²) in [5.74, 6) is -1.98.